The molecule has 1 aliphatic rings. The third-order valence-electron chi connectivity index (χ3n) is 4.78. The van der Waals surface area contributed by atoms with Crippen LogP contribution in [0.2, 0.25) is 0 Å². The Morgan fingerprint density at radius 2 is 2.21 bits per heavy atom. The van der Waals surface area contributed by atoms with Gasteiger partial charge in [0.05, 0.1) is 25.3 Å². The van der Waals surface area contributed by atoms with Gasteiger partial charge in [-0.3, -0.25) is 19.5 Å². The van der Waals surface area contributed by atoms with Gasteiger partial charge in [0.1, 0.15) is 5.75 Å². The number of nitrogens with zero attached hydrogens (tertiary/aromatic N) is 2. The first-order chi connectivity index (χ1) is 13.7. The zero-order valence-corrected chi connectivity index (χ0v) is 16.1. The van der Waals surface area contributed by atoms with E-state index in [0.717, 1.165) is 17.0 Å². The van der Waals surface area contributed by atoms with Crippen molar-refractivity contribution >= 4 is 11.8 Å². The fraction of sp³-hybridized carbons (Fsp3) is 0.381. The molecule has 1 aliphatic heterocycles. The predicted octanol–water partition coefficient (Wildman–Crippen LogP) is 1.14. The van der Waals surface area contributed by atoms with Gasteiger partial charge in [-0.1, -0.05) is 18.2 Å². The largest absolute Gasteiger partial charge is 0.497 e. The van der Waals surface area contributed by atoms with Crippen LogP contribution in [0.5, 0.6) is 5.75 Å². The summed E-state index contributed by atoms with van der Waals surface area (Å²) in [7, 11) is 1.63. The second-order valence-corrected chi connectivity index (χ2v) is 6.75. The lowest BCUT2D eigenvalue weighted by molar-refractivity contribution is -0.134. The number of ether oxygens (including phenoxy) is 1. The van der Waals surface area contributed by atoms with Gasteiger partial charge >= 0.3 is 0 Å². The zero-order valence-electron chi connectivity index (χ0n) is 16.1. The highest BCUT2D eigenvalue weighted by atomic mass is 16.5. The van der Waals surface area contributed by atoms with E-state index in [9.17, 15) is 9.59 Å². The van der Waals surface area contributed by atoms with Crippen molar-refractivity contribution < 1.29 is 14.3 Å². The summed E-state index contributed by atoms with van der Waals surface area (Å²) in [6.45, 7) is 2.35. The van der Waals surface area contributed by atoms with Crippen LogP contribution in [-0.4, -0.2) is 54.5 Å². The third-order valence-corrected chi connectivity index (χ3v) is 4.78. The van der Waals surface area contributed by atoms with Crippen molar-refractivity contribution in [3.63, 3.8) is 0 Å². The van der Waals surface area contributed by atoms with E-state index in [1.807, 2.05) is 47.4 Å². The Morgan fingerprint density at radius 3 is 3.00 bits per heavy atom. The zero-order chi connectivity index (χ0) is 19.8. The van der Waals surface area contributed by atoms with Gasteiger partial charge in [0, 0.05) is 32.4 Å². The molecule has 3 rings (SSSR count). The SMILES string of the molecule is COc1cccc(CCNC(=O)CC2C(=O)NCCN2Cc2ccccn2)c1. The number of hydrogen-bond acceptors (Lipinski definition) is 5. The highest BCUT2D eigenvalue weighted by molar-refractivity contribution is 5.88. The number of carbonyl (C=O) groups excluding carboxylic acids is 2. The van der Waals surface area contributed by atoms with E-state index in [0.29, 0.717) is 32.6 Å². The molecular weight excluding hydrogens is 356 g/mol. The monoisotopic (exact) mass is 382 g/mol. The molecule has 1 unspecified atom stereocenters. The summed E-state index contributed by atoms with van der Waals surface area (Å²) in [5, 5.41) is 5.77. The number of piperazine rings is 1. The summed E-state index contributed by atoms with van der Waals surface area (Å²) >= 11 is 0. The van der Waals surface area contributed by atoms with Crippen molar-refractivity contribution in [2.45, 2.75) is 25.4 Å². The fourth-order valence-electron chi connectivity index (χ4n) is 3.29. The third kappa shape index (κ3) is 5.53. The predicted molar refractivity (Wildman–Crippen MR) is 106 cm³/mol. The van der Waals surface area contributed by atoms with E-state index in [4.69, 9.17) is 4.74 Å². The minimum Gasteiger partial charge on any atom is -0.497 e. The molecule has 1 aromatic heterocycles. The Labute approximate surface area is 165 Å². The average molecular weight is 382 g/mol. The lowest BCUT2D eigenvalue weighted by Crippen LogP contribution is -2.56. The summed E-state index contributed by atoms with van der Waals surface area (Å²) in [5.74, 6) is 0.564. The number of rotatable bonds is 8. The molecule has 1 saturated heterocycles. The molecule has 2 N–H and O–H groups in total. The topological polar surface area (TPSA) is 83.6 Å². The second kappa shape index (κ2) is 9.85. The Morgan fingerprint density at radius 1 is 1.32 bits per heavy atom. The summed E-state index contributed by atoms with van der Waals surface area (Å²) in [6, 6.07) is 13.0. The second-order valence-electron chi connectivity index (χ2n) is 6.75. The highest BCUT2D eigenvalue weighted by Crippen LogP contribution is 2.14. The molecule has 7 nitrogen and oxygen atoms in total. The van der Waals surface area contributed by atoms with Crippen molar-refractivity contribution in [1.82, 2.24) is 20.5 Å². The van der Waals surface area contributed by atoms with E-state index in [-0.39, 0.29) is 18.2 Å². The van der Waals surface area contributed by atoms with Gasteiger partial charge in [-0.2, -0.15) is 0 Å². The minimum absolute atomic E-state index is 0.106. The van der Waals surface area contributed by atoms with Crippen molar-refractivity contribution in [3.8, 4) is 5.75 Å². The normalized spacial score (nSPS) is 17.0. The fourth-order valence-corrected chi connectivity index (χ4v) is 3.29. The Hall–Kier alpha value is -2.93. The Balaban J connectivity index is 1.52. The smallest absolute Gasteiger partial charge is 0.237 e. The van der Waals surface area contributed by atoms with Gasteiger partial charge in [0.2, 0.25) is 11.8 Å². The standard InChI is InChI=1S/C21H26N4O3/c1-28-18-7-4-5-16(13-18)8-10-23-20(26)14-19-21(27)24-11-12-25(19)15-17-6-2-3-9-22-17/h2-7,9,13,19H,8,10-12,14-15H2,1H3,(H,23,26)(H,24,27). The van der Waals surface area contributed by atoms with Crippen molar-refractivity contribution in [2.75, 3.05) is 26.7 Å². The minimum atomic E-state index is -0.479. The van der Waals surface area contributed by atoms with Gasteiger partial charge in [0.15, 0.2) is 0 Å². The van der Waals surface area contributed by atoms with Crippen LogP contribution in [0.15, 0.2) is 48.7 Å². The van der Waals surface area contributed by atoms with Crippen molar-refractivity contribution in [3.05, 3.63) is 59.9 Å². The Kier molecular flexibility index (Phi) is 6.97. The van der Waals surface area contributed by atoms with E-state index in [1.165, 1.54) is 0 Å². The lowest BCUT2D eigenvalue weighted by atomic mass is 10.1. The van der Waals surface area contributed by atoms with Crippen LogP contribution in [0.25, 0.3) is 0 Å². The van der Waals surface area contributed by atoms with Crippen LogP contribution >= 0.6 is 0 Å². The lowest BCUT2D eigenvalue weighted by Gasteiger charge is -2.34. The van der Waals surface area contributed by atoms with Crippen LogP contribution in [0.1, 0.15) is 17.7 Å². The molecule has 1 fully saturated rings. The quantitative estimate of drug-likeness (QED) is 0.715. The number of pyridine rings is 1. The van der Waals surface area contributed by atoms with Crippen molar-refractivity contribution in [1.29, 1.82) is 0 Å². The summed E-state index contributed by atoms with van der Waals surface area (Å²) in [4.78, 5) is 31.1. The number of hydrogen-bond donors (Lipinski definition) is 2. The van der Waals surface area contributed by atoms with Crippen LogP contribution in [0.3, 0.4) is 0 Å². The van der Waals surface area contributed by atoms with Gasteiger partial charge < -0.3 is 15.4 Å². The van der Waals surface area contributed by atoms with Crippen LogP contribution in [0.4, 0.5) is 0 Å². The molecule has 28 heavy (non-hydrogen) atoms. The van der Waals surface area contributed by atoms with Gasteiger partial charge in [0.25, 0.3) is 0 Å². The maximum atomic E-state index is 12.4. The van der Waals surface area contributed by atoms with Gasteiger partial charge in [-0.25, -0.2) is 0 Å². The molecule has 7 heteroatoms. The maximum Gasteiger partial charge on any atom is 0.237 e. The molecule has 1 atom stereocenters. The van der Waals surface area contributed by atoms with E-state index in [2.05, 4.69) is 15.6 Å². The molecule has 2 heterocycles. The number of nitrogens with one attached hydrogen (secondary N) is 2. The van der Waals surface area contributed by atoms with Crippen LogP contribution in [-0.2, 0) is 22.6 Å². The average Bonchev–Trinajstić information content (AvgIpc) is 2.71. The number of benzene rings is 1. The molecule has 0 spiro atoms. The first-order valence-electron chi connectivity index (χ1n) is 9.47. The maximum absolute atomic E-state index is 12.4. The van der Waals surface area contributed by atoms with Crippen molar-refractivity contribution in [2.24, 2.45) is 0 Å². The van der Waals surface area contributed by atoms with E-state index in [1.54, 1.807) is 13.3 Å². The van der Waals surface area contributed by atoms with Crippen LogP contribution in [0, 0.1) is 0 Å². The molecule has 148 valence electrons. The Bertz CT molecular complexity index is 797. The highest BCUT2D eigenvalue weighted by Gasteiger charge is 2.31. The van der Waals surface area contributed by atoms with E-state index < -0.39 is 6.04 Å². The molecule has 0 saturated carbocycles. The van der Waals surface area contributed by atoms with Gasteiger partial charge in [-0.05, 0) is 36.2 Å². The summed E-state index contributed by atoms with van der Waals surface area (Å²) in [5.41, 5.74) is 1.98. The molecule has 2 amide bonds. The number of amides is 2. The molecule has 0 bridgehead atoms. The molecule has 0 radical (unpaired) electrons. The number of methoxy groups -OCH3 is 1. The summed E-state index contributed by atoms with van der Waals surface area (Å²) < 4.78 is 5.21. The molecule has 0 aliphatic carbocycles. The first kappa shape index (κ1) is 19.8. The van der Waals surface area contributed by atoms with Gasteiger partial charge in [-0.15, -0.1) is 0 Å². The molecular formula is C21H26N4O3. The number of carbonyl (C=O) groups is 2. The molecule has 2 aromatic rings. The first-order valence-corrected chi connectivity index (χ1v) is 9.47. The van der Waals surface area contributed by atoms with Crippen LogP contribution < -0.4 is 15.4 Å². The summed E-state index contributed by atoms with van der Waals surface area (Å²) in [6.07, 6.45) is 2.58. The molecule has 1 aromatic carbocycles. The van der Waals surface area contributed by atoms with E-state index >= 15 is 0 Å². The number of aromatic nitrogens is 1.